The SMILES string of the molecule is CC[C@H]1CC[C@H](O)[C@@H]1C. The Hall–Kier alpha value is -0.0400. The van der Waals surface area contributed by atoms with Crippen LogP contribution in [-0.4, -0.2) is 11.2 Å². The topological polar surface area (TPSA) is 20.2 Å². The van der Waals surface area contributed by atoms with Gasteiger partial charge in [0.1, 0.15) is 0 Å². The highest BCUT2D eigenvalue weighted by Gasteiger charge is 2.29. The zero-order chi connectivity index (χ0) is 6.85. The van der Waals surface area contributed by atoms with Crippen molar-refractivity contribution in [3.05, 3.63) is 0 Å². The summed E-state index contributed by atoms with van der Waals surface area (Å²) in [5.74, 6) is 1.34. The van der Waals surface area contributed by atoms with Crippen molar-refractivity contribution in [2.24, 2.45) is 11.8 Å². The number of rotatable bonds is 1. The fourth-order valence-electron chi connectivity index (χ4n) is 1.80. The third kappa shape index (κ3) is 1.26. The second-order valence-electron chi connectivity index (χ2n) is 3.17. The summed E-state index contributed by atoms with van der Waals surface area (Å²) in [7, 11) is 0. The van der Waals surface area contributed by atoms with Crippen LogP contribution in [0.15, 0.2) is 0 Å². The molecular weight excluding hydrogens is 112 g/mol. The molecule has 1 N–H and O–H groups in total. The molecule has 1 aliphatic carbocycles. The molecule has 0 radical (unpaired) electrons. The molecule has 54 valence electrons. The standard InChI is InChI=1S/C8H16O/c1-3-7-4-5-8(9)6(7)2/h6-9H,3-5H2,1-2H3/t6-,7+,8+/m1/s1. The fourth-order valence-corrected chi connectivity index (χ4v) is 1.80. The average molecular weight is 128 g/mol. The molecule has 0 aromatic carbocycles. The highest BCUT2D eigenvalue weighted by molar-refractivity contribution is 4.80. The van der Waals surface area contributed by atoms with E-state index in [9.17, 15) is 5.11 Å². The molecule has 0 spiro atoms. The minimum absolute atomic E-state index is 0.00468. The van der Waals surface area contributed by atoms with Gasteiger partial charge in [-0.15, -0.1) is 0 Å². The van der Waals surface area contributed by atoms with E-state index in [0.29, 0.717) is 5.92 Å². The lowest BCUT2D eigenvalue weighted by Gasteiger charge is -2.14. The first-order valence-corrected chi connectivity index (χ1v) is 3.93. The Morgan fingerprint density at radius 3 is 2.33 bits per heavy atom. The van der Waals surface area contributed by atoms with Gasteiger partial charge in [-0.2, -0.15) is 0 Å². The van der Waals surface area contributed by atoms with Crippen LogP contribution in [0.4, 0.5) is 0 Å². The van der Waals surface area contributed by atoms with Crippen molar-refractivity contribution in [2.75, 3.05) is 0 Å². The van der Waals surface area contributed by atoms with Crippen LogP contribution in [0.1, 0.15) is 33.1 Å². The molecule has 1 nitrogen and oxygen atoms in total. The van der Waals surface area contributed by atoms with Gasteiger partial charge >= 0.3 is 0 Å². The molecule has 0 unspecified atom stereocenters. The van der Waals surface area contributed by atoms with E-state index in [1.165, 1.54) is 12.8 Å². The lowest BCUT2D eigenvalue weighted by molar-refractivity contribution is 0.127. The molecule has 0 aliphatic heterocycles. The molecule has 1 fully saturated rings. The lowest BCUT2D eigenvalue weighted by atomic mass is 9.95. The Morgan fingerprint density at radius 1 is 1.44 bits per heavy atom. The van der Waals surface area contributed by atoms with Crippen LogP contribution < -0.4 is 0 Å². The van der Waals surface area contributed by atoms with Crippen LogP contribution in [0.2, 0.25) is 0 Å². The summed E-state index contributed by atoms with van der Waals surface area (Å²) < 4.78 is 0. The zero-order valence-corrected chi connectivity index (χ0v) is 6.30. The van der Waals surface area contributed by atoms with Gasteiger partial charge in [-0.1, -0.05) is 20.3 Å². The largest absolute Gasteiger partial charge is 0.393 e. The van der Waals surface area contributed by atoms with E-state index in [4.69, 9.17) is 0 Å². The summed E-state index contributed by atoms with van der Waals surface area (Å²) in [6.07, 6.45) is 3.49. The Morgan fingerprint density at radius 2 is 2.11 bits per heavy atom. The second-order valence-corrected chi connectivity index (χ2v) is 3.17. The monoisotopic (exact) mass is 128 g/mol. The molecule has 0 bridgehead atoms. The van der Waals surface area contributed by atoms with Crippen molar-refractivity contribution >= 4 is 0 Å². The molecule has 1 rings (SSSR count). The summed E-state index contributed by atoms with van der Waals surface area (Å²) in [4.78, 5) is 0. The smallest absolute Gasteiger partial charge is 0.0568 e. The summed E-state index contributed by atoms with van der Waals surface area (Å²) in [6, 6.07) is 0. The summed E-state index contributed by atoms with van der Waals surface area (Å²) in [5, 5.41) is 9.30. The van der Waals surface area contributed by atoms with Gasteiger partial charge in [0.25, 0.3) is 0 Å². The fraction of sp³-hybridized carbons (Fsp3) is 1.00. The van der Waals surface area contributed by atoms with E-state index in [0.717, 1.165) is 12.3 Å². The molecule has 0 amide bonds. The third-order valence-corrected chi connectivity index (χ3v) is 2.71. The Bertz CT molecular complexity index is 90.6. The van der Waals surface area contributed by atoms with Gasteiger partial charge in [0, 0.05) is 0 Å². The minimum atomic E-state index is -0.00468. The summed E-state index contributed by atoms with van der Waals surface area (Å²) in [5.41, 5.74) is 0. The van der Waals surface area contributed by atoms with Gasteiger partial charge in [-0.25, -0.2) is 0 Å². The van der Waals surface area contributed by atoms with E-state index >= 15 is 0 Å². The van der Waals surface area contributed by atoms with Crippen molar-refractivity contribution in [1.29, 1.82) is 0 Å². The lowest BCUT2D eigenvalue weighted by Crippen LogP contribution is -2.14. The normalized spacial score (nSPS) is 43.7. The molecule has 3 atom stereocenters. The molecular formula is C8H16O. The molecule has 1 saturated carbocycles. The Labute approximate surface area is 57.1 Å². The maximum atomic E-state index is 9.30. The summed E-state index contributed by atoms with van der Waals surface area (Å²) >= 11 is 0. The second kappa shape index (κ2) is 2.70. The van der Waals surface area contributed by atoms with Crippen molar-refractivity contribution in [3.8, 4) is 0 Å². The number of aliphatic hydroxyl groups is 1. The Balaban J connectivity index is 2.41. The van der Waals surface area contributed by atoms with Crippen molar-refractivity contribution in [1.82, 2.24) is 0 Å². The molecule has 1 aliphatic rings. The van der Waals surface area contributed by atoms with Crippen LogP contribution in [-0.2, 0) is 0 Å². The van der Waals surface area contributed by atoms with Crippen molar-refractivity contribution in [2.45, 2.75) is 39.2 Å². The molecule has 0 heterocycles. The predicted octanol–water partition coefficient (Wildman–Crippen LogP) is 1.80. The molecule has 0 aromatic rings. The van der Waals surface area contributed by atoms with Gasteiger partial charge < -0.3 is 5.11 Å². The first kappa shape index (κ1) is 7.07. The molecule has 9 heavy (non-hydrogen) atoms. The molecule has 0 aromatic heterocycles. The van der Waals surface area contributed by atoms with Gasteiger partial charge in [0.15, 0.2) is 0 Å². The van der Waals surface area contributed by atoms with Gasteiger partial charge in [0.2, 0.25) is 0 Å². The van der Waals surface area contributed by atoms with Crippen LogP contribution in [0.25, 0.3) is 0 Å². The first-order chi connectivity index (χ1) is 4.25. The highest BCUT2D eigenvalue weighted by atomic mass is 16.3. The van der Waals surface area contributed by atoms with E-state index < -0.39 is 0 Å². The predicted molar refractivity (Wildman–Crippen MR) is 38.2 cm³/mol. The van der Waals surface area contributed by atoms with Crippen LogP contribution in [0.5, 0.6) is 0 Å². The van der Waals surface area contributed by atoms with Gasteiger partial charge in [-0.05, 0) is 24.7 Å². The maximum Gasteiger partial charge on any atom is 0.0568 e. The van der Waals surface area contributed by atoms with Crippen LogP contribution in [0.3, 0.4) is 0 Å². The average Bonchev–Trinajstić information content (AvgIpc) is 2.15. The van der Waals surface area contributed by atoms with Crippen molar-refractivity contribution in [3.63, 3.8) is 0 Å². The number of hydrogen-bond acceptors (Lipinski definition) is 1. The molecule has 0 saturated heterocycles. The van der Waals surface area contributed by atoms with Gasteiger partial charge in [0.05, 0.1) is 6.10 Å². The van der Waals surface area contributed by atoms with Crippen LogP contribution >= 0.6 is 0 Å². The number of hydrogen-bond donors (Lipinski definition) is 1. The minimum Gasteiger partial charge on any atom is -0.393 e. The van der Waals surface area contributed by atoms with Crippen molar-refractivity contribution < 1.29 is 5.11 Å². The van der Waals surface area contributed by atoms with E-state index in [1.807, 2.05) is 0 Å². The van der Waals surface area contributed by atoms with Crippen LogP contribution in [0, 0.1) is 11.8 Å². The molecule has 1 heteroatoms. The maximum absolute atomic E-state index is 9.30. The highest BCUT2D eigenvalue weighted by Crippen LogP contribution is 2.33. The summed E-state index contributed by atoms with van der Waals surface area (Å²) in [6.45, 7) is 4.37. The van der Waals surface area contributed by atoms with E-state index in [-0.39, 0.29) is 6.10 Å². The first-order valence-electron chi connectivity index (χ1n) is 3.93. The quantitative estimate of drug-likeness (QED) is 0.571. The van der Waals surface area contributed by atoms with Gasteiger partial charge in [-0.3, -0.25) is 0 Å². The van der Waals surface area contributed by atoms with E-state index in [1.54, 1.807) is 0 Å². The number of aliphatic hydroxyl groups excluding tert-OH is 1. The van der Waals surface area contributed by atoms with E-state index in [2.05, 4.69) is 13.8 Å². The Kier molecular flexibility index (Phi) is 2.12. The zero-order valence-electron chi connectivity index (χ0n) is 6.30. The third-order valence-electron chi connectivity index (χ3n) is 2.71.